The van der Waals surface area contributed by atoms with Gasteiger partial charge in [0.2, 0.25) is 11.8 Å². The predicted octanol–water partition coefficient (Wildman–Crippen LogP) is 2.69. The number of anilines is 3. The van der Waals surface area contributed by atoms with Crippen LogP contribution in [0.4, 0.5) is 17.5 Å². The zero-order chi connectivity index (χ0) is 19.3. The first kappa shape index (κ1) is 19.4. The van der Waals surface area contributed by atoms with Crippen molar-refractivity contribution in [3.8, 4) is 5.88 Å². The summed E-state index contributed by atoms with van der Waals surface area (Å²) in [5.74, 6) is 1.99. The van der Waals surface area contributed by atoms with Crippen molar-refractivity contribution in [2.75, 3.05) is 56.7 Å². The molecule has 2 saturated heterocycles. The van der Waals surface area contributed by atoms with E-state index in [1.807, 2.05) is 12.1 Å². The van der Waals surface area contributed by atoms with Crippen molar-refractivity contribution < 1.29 is 9.47 Å². The topological polar surface area (TPSA) is 75.6 Å². The van der Waals surface area contributed by atoms with Crippen LogP contribution in [0.25, 0.3) is 0 Å². The van der Waals surface area contributed by atoms with Crippen molar-refractivity contribution in [2.45, 2.75) is 18.9 Å². The monoisotopic (exact) mass is 448 g/mol. The summed E-state index contributed by atoms with van der Waals surface area (Å²) in [6.45, 7) is 5.82. The van der Waals surface area contributed by atoms with Crippen LogP contribution in [0, 0.1) is 0 Å². The second-order valence-electron chi connectivity index (χ2n) is 6.94. The van der Waals surface area contributed by atoms with E-state index < -0.39 is 0 Å². The molecule has 150 valence electrons. The lowest BCUT2D eigenvalue weighted by atomic mass is 10.0. The Morgan fingerprint density at radius 1 is 1.11 bits per heavy atom. The average Bonchev–Trinajstić information content (AvgIpc) is 2.76. The van der Waals surface area contributed by atoms with E-state index >= 15 is 0 Å². The maximum atomic E-state index is 5.50. The molecule has 0 atom stereocenters. The van der Waals surface area contributed by atoms with Crippen molar-refractivity contribution in [2.24, 2.45) is 0 Å². The molecule has 28 heavy (non-hydrogen) atoms. The molecule has 0 bridgehead atoms. The summed E-state index contributed by atoms with van der Waals surface area (Å²) in [5, 5.41) is 3.16. The third kappa shape index (κ3) is 4.53. The number of aromatic nitrogens is 3. The summed E-state index contributed by atoms with van der Waals surface area (Å²) in [7, 11) is 1.63. The van der Waals surface area contributed by atoms with Crippen LogP contribution in [0.2, 0.25) is 0 Å². The maximum absolute atomic E-state index is 5.50. The highest BCUT2D eigenvalue weighted by atomic mass is 79.9. The van der Waals surface area contributed by atoms with Crippen molar-refractivity contribution in [3.63, 3.8) is 0 Å². The first-order chi connectivity index (χ1) is 13.7. The predicted molar refractivity (Wildman–Crippen MR) is 111 cm³/mol. The van der Waals surface area contributed by atoms with Gasteiger partial charge in [0.05, 0.1) is 24.8 Å². The van der Waals surface area contributed by atoms with Gasteiger partial charge in [0.15, 0.2) is 0 Å². The second kappa shape index (κ2) is 9.02. The fourth-order valence-corrected chi connectivity index (χ4v) is 3.96. The third-order valence-electron chi connectivity index (χ3n) is 5.26. The Hall–Kier alpha value is -1.97. The normalized spacial score (nSPS) is 18.9. The van der Waals surface area contributed by atoms with Gasteiger partial charge in [-0.2, -0.15) is 4.98 Å². The molecule has 4 rings (SSSR count). The van der Waals surface area contributed by atoms with Gasteiger partial charge < -0.3 is 19.7 Å². The summed E-state index contributed by atoms with van der Waals surface area (Å²) in [5.41, 5.74) is 0.747. The molecule has 9 heteroatoms. The summed E-state index contributed by atoms with van der Waals surface area (Å²) >= 11 is 3.34. The third-order valence-corrected chi connectivity index (χ3v) is 5.67. The van der Waals surface area contributed by atoms with E-state index in [0.717, 1.165) is 68.2 Å². The largest absolute Gasteiger partial charge is 0.479 e. The van der Waals surface area contributed by atoms with E-state index in [1.165, 1.54) is 0 Å². The van der Waals surface area contributed by atoms with E-state index in [-0.39, 0.29) is 0 Å². The van der Waals surface area contributed by atoms with E-state index in [4.69, 9.17) is 14.5 Å². The number of methoxy groups -OCH3 is 1. The van der Waals surface area contributed by atoms with Crippen LogP contribution in [0.15, 0.2) is 29.0 Å². The van der Waals surface area contributed by atoms with Crippen molar-refractivity contribution in [1.82, 2.24) is 19.9 Å². The summed E-state index contributed by atoms with van der Waals surface area (Å²) in [6, 6.07) is 4.65. The highest BCUT2D eigenvalue weighted by Crippen LogP contribution is 2.29. The Kier molecular flexibility index (Phi) is 6.23. The van der Waals surface area contributed by atoms with Gasteiger partial charge in [0.1, 0.15) is 11.5 Å². The molecule has 8 nitrogen and oxygen atoms in total. The summed E-state index contributed by atoms with van der Waals surface area (Å²) < 4.78 is 11.8. The number of ether oxygens (including phenoxy) is 2. The Labute approximate surface area is 173 Å². The van der Waals surface area contributed by atoms with E-state index in [0.29, 0.717) is 17.9 Å². The zero-order valence-electron chi connectivity index (χ0n) is 16.0. The zero-order valence-corrected chi connectivity index (χ0v) is 17.6. The van der Waals surface area contributed by atoms with Crippen LogP contribution in [0.1, 0.15) is 12.8 Å². The molecule has 2 aromatic rings. The molecule has 0 unspecified atom stereocenters. The maximum Gasteiger partial charge on any atom is 0.239 e. The van der Waals surface area contributed by atoms with Crippen molar-refractivity contribution >= 4 is 33.4 Å². The number of nitrogens with zero attached hydrogens (tertiary/aromatic N) is 5. The molecular weight excluding hydrogens is 424 g/mol. The number of morpholine rings is 1. The molecule has 0 saturated carbocycles. The van der Waals surface area contributed by atoms with Gasteiger partial charge >= 0.3 is 0 Å². The molecule has 2 aliphatic heterocycles. The Morgan fingerprint density at radius 3 is 2.50 bits per heavy atom. The molecular formula is C19H25BrN6O2. The minimum atomic E-state index is 0.502. The van der Waals surface area contributed by atoms with Crippen LogP contribution >= 0.6 is 15.9 Å². The van der Waals surface area contributed by atoms with E-state index in [1.54, 1.807) is 19.5 Å². The standard InChI is InChI=1S/C19H25BrN6O2/c1-27-18-16(23-19-21-12-14(20)13-22-19)2-3-17(24-18)26-6-4-15(5-7-26)25-8-10-28-11-9-25/h2-3,12-13,15H,4-11H2,1H3,(H,21,22,23). The molecule has 0 aromatic carbocycles. The number of hydrogen-bond acceptors (Lipinski definition) is 8. The van der Waals surface area contributed by atoms with Gasteiger partial charge in [-0.15, -0.1) is 0 Å². The molecule has 0 radical (unpaired) electrons. The SMILES string of the molecule is COc1nc(N2CCC(N3CCOCC3)CC2)ccc1Nc1ncc(Br)cn1. The molecule has 1 N–H and O–H groups in total. The number of halogens is 1. The fraction of sp³-hybridized carbons (Fsp3) is 0.526. The van der Waals surface area contributed by atoms with Crippen LogP contribution in [0.5, 0.6) is 5.88 Å². The summed E-state index contributed by atoms with van der Waals surface area (Å²) in [4.78, 5) is 18.1. The van der Waals surface area contributed by atoms with Gasteiger partial charge in [-0.3, -0.25) is 4.90 Å². The highest BCUT2D eigenvalue weighted by Gasteiger charge is 2.26. The molecule has 2 aliphatic rings. The van der Waals surface area contributed by atoms with Crippen LogP contribution in [-0.2, 0) is 4.74 Å². The lowest BCUT2D eigenvalue weighted by Crippen LogP contribution is -2.49. The molecule has 2 fully saturated rings. The number of piperidine rings is 1. The Bertz CT molecular complexity index is 776. The van der Waals surface area contributed by atoms with Crippen LogP contribution in [-0.4, -0.2) is 72.4 Å². The second-order valence-corrected chi connectivity index (χ2v) is 7.86. The Morgan fingerprint density at radius 2 is 1.82 bits per heavy atom. The summed E-state index contributed by atoms with van der Waals surface area (Å²) in [6.07, 6.45) is 5.69. The number of rotatable bonds is 5. The minimum Gasteiger partial charge on any atom is -0.479 e. The van der Waals surface area contributed by atoms with E-state index in [2.05, 4.69) is 41.0 Å². The van der Waals surface area contributed by atoms with Gasteiger partial charge in [-0.25, -0.2) is 9.97 Å². The molecule has 0 spiro atoms. The first-order valence-electron chi connectivity index (χ1n) is 9.59. The van der Waals surface area contributed by atoms with Crippen molar-refractivity contribution in [1.29, 1.82) is 0 Å². The van der Waals surface area contributed by atoms with Crippen molar-refractivity contribution in [3.05, 3.63) is 29.0 Å². The van der Waals surface area contributed by atoms with Gasteiger partial charge in [-0.05, 0) is 40.9 Å². The lowest BCUT2D eigenvalue weighted by Gasteiger charge is -2.40. The number of pyridine rings is 1. The first-order valence-corrected chi connectivity index (χ1v) is 10.4. The van der Waals surface area contributed by atoms with Gasteiger partial charge in [-0.1, -0.05) is 0 Å². The van der Waals surface area contributed by atoms with Gasteiger partial charge in [0, 0.05) is 44.6 Å². The van der Waals surface area contributed by atoms with Crippen LogP contribution < -0.4 is 15.0 Å². The Balaban J connectivity index is 1.40. The smallest absolute Gasteiger partial charge is 0.239 e. The quantitative estimate of drug-likeness (QED) is 0.747. The number of nitrogens with one attached hydrogen (secondary N) is 1. The lowest BCUT2D eigenvalue weighted by molar-refractivity contribution is 0.0114. The van der Waals surface area contributed by atoms with E-state index in [9.17, 15) is 0 Å². The average molecular weight is 449 g/mol. The highest BCUT2D eigenvalue weighted by molar-refractivity contribution is 9.10. The molecule has 0 amide bonds. The molecule has 2 aromatic heterocycles. The van der Waals surface area contributed by atoms with Crippen LogP contribution in [0.3, 0.4) is 0 Å². The minimum absolute atomic E-state index is 0.502. The molecule has 0 aliphatic carbocycles. The fourth-order valence-electron chi connectivity index (χ4n) is 3.76. The molecule has 4 heterocycles. The number of hydrogen-bond donors (Lipinski definition) is 1. The van der Waals surface area contributed by atoms with Gasteiger partial charge in [0.25, 0.3) is 0 Å².